The number of nitrogens with two attached hydrogens (primary N) is 1. The van der Waals surface area contributed by atoms with Crippen molar-refractivity contribution < 1.29 is 9.53 Å². The number of carbonyl (C=O) groups is 1. The van der Waals surface area contributed by atoms with Crippen LogP contribution >= 0.6 is 24.8 Å². The molecule has 2 aliphatic heterocycles. The number of rotatable bonds is 4. The lowest BCUT2D eigenvalue weighted by atomic mass is 9.90. The van der Waals surface area contributed by atoms with Crippen molar-refractivity contribution in [3.8, 4) is 0 Å². The lowest BCUT2D eigenvalue weighted by molar-refractivity contribution is -0.129. The van der Waals surface area contributed by atoms with Crippen molar-refractivity contribution in [2.24, 2.45) is 5.73 Å². The normalized spacial score (nSPS) is 25.4. The second-order valence-electron chi connectivity index (χ2n) is 5.40. The van der Waals surface area contributed by atoms with Crippen molar-refractivity contribution in [2.45, 2.75) is 44.2 Å². The van der Waals surface area contributed by atoms with Gasteiger partial charge in [0.15, 0.2) is 0 Å². The van der Waals surface area contributed by atoms with E-state index in [4.69, 9.17) is 10.5 Å². The van der Waals surface area contributed by atoms with Crippen LogP contribution in [0.4, 0.5) is 0 Å². The molecule has 2 rings (SSSR count). The lowest BCUT2D eigenvalue weighted by Crippen LogP contribution is -2.58. The quantitative estimate of drug-likeness (QED) is 0.806. The summed E-state index contributed by atoms with van der Waals surface area (Å²) in [5, 5.41) is 3.04. The van der Waals surface area contributed by atoms with Crippen LogP contribution < -0.4 is 11.1 Å². The summed E-state index contributed by atoms with van der Waals surface area (Å²) < 4.78 is 5.26. The fourth-order valence-electron chi connectivity index (χ4n) is 2.89. The van der Waals surface area contributed by atoms with Crippen LogP contribution in [0.3, 0.4) is 0 Å². The van der Waals surface area contributed by atoms with Gasteiger partial charge in [-0.25, -0.2) is 0 Å². The number of nitrogens with one attached hydrogen (secondary N) is 1. The van der Waals surface area contributed by atoms with Gasteiger partial charge in [-0.1, -0.05) is 6.92 Å². The van der Waals surface area contributed by atoms with Gasteiger partial charge in [0.25, 0.3) is 0 Å². The second-order valence-corrected chi connectivity index (χ2v) is 5.40. The molecule has 0 bridgehead atoms. The summed E-state index contributed by atoms with van der Waals surface area (Å²) in [7, 11) is 0. The predicted molar refractivity (Wildman–Crippen MR) is 84.7 cm³/mol. The maximum atomic E-state index is 12.2. The van der Waals surface area contributed by atoms with E-state index >= 15 is 0 Å². The Morgan fingerprint density at radius 3 is 2.65 bits per heavy atom. The standard InChI is InChI=1S/C13H25N3O2.2ClH/c1-2-16-7-3-4-11(16)10-15-12(17)13(14)5-8-18-9-6-13;;/h11H,2-10,14H2,1H3,(H,15,17);2*1H. The van der Waals surface area contributed by atoms with Gasteiger partial charge in [0.05, 0.1) is 5.54 Å². The summed E-state index contributed by atoms with van der Waals surface area (Å²) in [6.45, 7) is 6.29. The molecule has 20 heavy (non-hydrogen) atoms. The smallest absolute Gasteiger partial charge is 0.240 e. The van der Waals surface area contributed by atoms with E-state index in [-0.39, 0.29) is 30.7 Å². The summed E-state index contributed by atoms with van der Waals surface area (Å²) in [5.41, 5.74) is 5.43. The van der Waals surface area contributed by atoms with Crippen molar-refractivity contribution in [2.75, 3.05) is 32.8 Å². The predicted octanol–water partition coefficient (Wildman–Crippen LogP) is 0.938. The van der Waals surface area contributed by atoms with Gasteiger partial charge in [0.1, 0.15) is 0 Å². The third-order valence-electron chi connectivity index (χ3n) is 4.24. The Bertz CT molecular complexity index is 299. The molecule has 1 amide bonds. The Morgan fingerprint density at radius 2 is 2.05 bits per heavy atom. The van der Waals surface area contributed by atoms with Crippen LogP contribution in [0.25, 0.3) is 0 Å². The summed E-state index contributed by atoms with van der Waals surface area (Å²) in [6, 6.07) is 0.488. The fourth-order valence-corrected chi connectivity index (χ4v) is 2.89. The minimum atomic E-state index is -0.714. The number of nitrogens with zero attached hydrogens (tertiary/aromatic N) is 1. The molecule has 0 aromatic carbocycles. The van der Waals surface area contributed by atoms with Crippen molar-refractivity contribution >= 4 is 30.7 Å². The molecule has 5 nitrogen and oxygen atoms in total. The number of likely N-dealkylation sites (tertiary alicyclic amines) is 1. The maximum Gasteiger partial charge on any atom is 0.240 e. The molecule has 2 fully saturated rings. The minimum Gasteiger partial charge on any atom is -0.381 e. The average Bonchev–Trinajstić information content (AvgIpc) is 2.84. The summed E-state index contributed by atoms with van der Waals surface area (Å²) in [5.74, 6) is -0.00578. The third-order valence-corrected chi connectivity index (χ3v) is 4.24. The largest absolute Gasteiger partial charge is 0.381 e. The molecule has 3 N–H and O–H groups in total. The molecule has 0 saturated carbocycles. The first-order valence-electron chi connectivity index (χ1n) is 7.05. The Kier molecular flexibility index (Phi) is 9.02. The van der Waals surface area contributed by atoms with E-state index in [9.17, 15) is 4.79 Å². The lowest BCUT2D eigenvalue weighted by Gasteiger charge is -2.32. The van der Waals surface area contributed by atoms with E-state index in [2.05, 4.69) is 17.1 Å². The highest BCUT2D eigenvalue weighted by atomic mass is 35.5. The highest BCUT2D eigenvalue weighted by molar-refractivity contribution is 5.86. The number of likely N-dealkylation sites (N-methyl/N-ethyl adjacent to an activating group) is 1. The molecule has 2 aliphatic rings. The van der Waals surface area contributed by atoms with Crippen LogP contribution in [0.2, 0.25) is 0 Å². The van der Waals surface area contributed by atoms with Gasteiger partial charge in [0, 0.05) is 25.8 Å². The number of halogens is 2. The molecule has 0 aromatic rings. The zero-order valence-electron chi connectivity index (χ0n) is 12.1. The number of carbonyl (C=O) groups excluding carboxylic acids is 1. The number of ether oxygens (including phenoxy) is 1. The SMILES string of the molecule is CCN1CCCC1CNC(=O)C1(N)CCOCC1.Cl.Cl. The monoisotopic (exact) mass is 327 g/mol. The molecular weight excluding hydrogens is 301 g/mol. The van der Waals surface area contributed by atoms with Gasteiger partial charge in [0.2, 0.25) is 5.91 Å². The average molecular weight is 328 g/mol. The van der Waals surface area contributed by atoms with Gasteiger partial charge in [-0.2, -0.15) is 0 Å². The van der Waals surface area contributed by atoms with Gasteiger partial charge >= 0.3 is 0 Å². The van der Waals surface area contributed by atoms with E-state index in [1.165, 1.54) is 12.8 Å². The molecule has 7 heteroatoms. The molecule has 1 atom stereocenters. The molecule has 0 aliphatic carbocycles. The molecule has 120 valence electrons. The summed E-state index contributed by atoms with van der Waals surface area (Å²) in [4.78, 5) is 14.6. The zero-order valence-corrected chi connectivity index (χ0v) is 13.7. The van der Waals surface area contributed by atoms with Crippen molar-refractivity contribution in [1.29, 1.82) is 0 Å². The Hall–Kier alpha value is -0.0700. The zero-order chi connectivity index (χ0) is 13.0. The Labute approximate surface area is 133 Å². The summed E-state index contributed by atoms with van der Waals surface area (Å²) >= 11 is 0. The molecule has 0 aromatic heterocycles. The molecule has 2 heterocycles. The Balaban J connectivity index is 0.00000180. The molecule has 0 spiro atoms. The van der Waals surface area contributed by atoms with Crippen molar-refractivity contribution in [1.82, 2.24) is 10.2 Å². The van der Waals surface area contributed by atoms with Gasteiger partial charge < -0.3 is 15.8 Å². The third kappa shape index (κ3) is 4.74. The molecular formula is C13H27Cl2N3O2. The first-order valence-corrected chi connectivity index (χ1v) is 7.05. The van der Waals surface area contributed by atoms with Crippen LogP contribution in [-0.2, 0) is 9.53 Å². The van der Waals surface area contributed by atoms with E-state index in [1.807, 2.05) is 0 Å². The number of amides is 1. The van der Waals surface area contributed by atoms with Crippen molar-refractivity contribution in [3.05, 3.63) is 0 Å². The highest BCUT2D eigenvalue weighted by Crippen LogP contribution is 2.19. The van der Waals surface area contributed by atoms with E-state index in [0.717, 1.165) is 19.6 Å². The first-order chi connectivity index (χ1) is 8.65. The van der Waals surface area contributed by atoms with Crippen molar-refractivity contribution in [3.63, 3.8) is 0 Å². The van der Waals surface area contributed by atoms with Gasteiger partial charge in [-0.15, -0.1) is 24.8 Å². The van der Waals surface area contributed by atoms with E-state index in [0.29, 0.717) is 32.1 Å². The van der Waals surface area contributed by atoms with Crippen LogP contribution in [0.5, 0.6) is 0 Å². The number of hydrogen-bond acceptors (Lipinski definition) is 4. The maximum absolute atomic E-state index is 12.2. The van der Waals surface area contributed by atoms with Gasteiger partial charge in [-0.3, -0.25) is 9.69 Å². The van der Waals surface area contributed by atoms with Crippen LogP contribution in [0.15, 0.2) is 0 Å². The fraction of sp³-hybridized carbons (Fsp3) is 0.923. The molecule has 2 saturated heterocycles. The molecule has 0 radical (unpaired) electrons. The molecule has 1 unspecified atom stereocenters. The minimum absolute atomic E-state index is 0. The van der Waals surface area contributed by atoms with Gasteiger partial charge in [-0.05, 0) is 38.8 Å². The summed E-state index contributed by atoms with van der Waals surface area (Å²) in [6.07, 6.45) is 3.66. The topological polar surface area (TPSA) is 67.6 Å². The second kappa shape index (κ2) is 9.05. The van der Waals surface area contributed by atoms with Crippen LogP contribution in [-0.4, -0.2) is 55.2 Å². The van der Waals surface area contributed by atoms with Crippen LogP contribution in [0.1, 0.15) is 32.6 Å². The number of hydrogen-bond donors (Lipinski definition) is 2. The van der Waals surface area contributed by atoms with E-state index < -0.39 is 5.54 Å². The first kappa shape index (κ1) is 19.9. The van der Waals surface area contributed by atoms with E-state index in [1.54, 1.807) is 0 Å². The highest BCUT2D eigenvalue weighted by Gasteiger charge is 2.36. The Morgan fingerprint density at radius 1 is 1.40 bits per heavy atom. The van der Waals surface area contributed by atoms with Crippen LogP contribution in [0, 0.1) is 0 Å².